The highest BCUT2D eigenvalue weighted by molar-refractivity contribution is 5.34. The molecule has 1 aromatic carbocycles. The molecule has 0 saturated carbocycles. The molecule has 0 amide bonds. The first-order valence-corrected chi connectivity index (χ1v) is 4.92. The Balaban J connectivity index is 3.10. The third kappa shape index (κ3) is 2.34. The van der Waals surface area contributed by atoms with Crippen molar-refractivity contribution in [1.82, 2.24) is 5.32 Å². The maximum absolute atomic E-state index is 10.2. The lowest BCUT2D eigenvalue weighted by Crippen LogP contribution is -2.34. The molecular weight excluding hydrogens is 174 g/mol. The molecule has 78 valence electrons. The number of aliphatic hydroxyl groups is 1. The van der Waals surface area contributed by atoms with E-state index in [1.807, 2.05) is 33.9 Å². The van der Waals surface area contributed by atoms with Crippen molar-refractivity contribution in [1.29, 1.82) is 0 Å². The lowest BCUT2D eigenvalue weighted by atomic mass is 9.90. The first-order chi connectivity index (χ1) is 6.47. The van der Waals surface area contributed by atoms with Gasteiger partial charge in [-0.2, -0.15) is 0 Å². The Hall–Kier alpha value is -0.860. The molecule has 0 fully saturated rings. The maximum Gasteiger partial charge on any atom is 0.0994 e. The molecule has 1 atom stereocenters. The van der Waals surface area contributed by atoms with Crippen LogP contribution < -0.4 is 5.32 Å². The van der Waals surface area contributed by atoms with E-state index in [-0.39, 0.29) is 0 Å². The lowest BCUT2D eigenvalue weighted by Gasteiger charge is -2.25. The largest absolute Gasteiger partial charge is 0.384 e. The summed E-state index contributed by atoms with van der Waals surface area (Å²) in [6.45, 7) is 6.47. The molecule has 1 rings (SSSR count). The van der Waals surface area contributed by atoms with Crippen LogP contribution >= 0.6 is 0 Å². The summed E-state index contributed by atoms with van der Waals surface area (Å²) in [5.41, 5.74) is 2.54. The normalized spacial score (nSPS) is 15.2. The highest BCUT2D eigenvalue weighted by Crippen LogP contribution is 2.24. The SMILES string of the molecule is CNCC(C)(O)c1cc(C)ccc1C. The molecule has 2 heteroatoms. The second kappa shape index (κ2) is 4.11. The van der Waals surface area contributed by atoms with Crippen LogP contribution in [0.3, 0.4) is 0 Å². The Kier molecular flexibility index (Phi) is 3.29. The van der Waals surface area contributed by atoms with E-state index in [4.69, 9.17) is 0 Å². The van der Waals surface area contributed by atoms with Gasteiger partial charge in [0.25, 0.3) is 0 Å². The van der Waals surface area contributed by atoms with Crippen molar-refractivity contribution in [3.05, 3.63) is 34.9 Å². The molecule has 1 unspecified atom stereocenters. The van der Waals surface area contributed by atoms with Gasteiger partial charge in [-0.1, -0.05) is 23.8 Å². The topological polar surface area (TPSA) is 32.3 Å². The van der Waals surface area contributed by atoms with Gasteiger partial charge in [-0.05, 0) is 38.9 Å². The van der Waals surface area contributed by atoms with Gasteiger partial charge in [0.05, 0.1) is 5.60 Å². The van der Waals surface area contributed by atoms with Gasteiger partial charge < -0.3 is 10.4 Å². The summed E-state index contributed by atoms with van der Waals surface area (Å²) >= 11 is 0. The van der Waals surface area contributed by atoms with E-state index < -0.39 is 5.60 Å². The van der Waals surface area contributed by atoms with E-state index in [1.54, 1.807) is 0 Å². The van der Waals surface area contributed by atoms with E-state index in [2.05, 4.69) is 17.4 Å². The first-order valence-electron chi connectivity index (χ1n) is 4.92. The molecule has 0 saturated heterocycles. The average molecular weight is 193 g/mol. The molecule has 0 spiro atoms. The van der Waals surface area contributed by atoms with Crippen LogP contribution in [0.25, 0.3) is 0 Å². The van der Waals surface area contributed by atoms with Crippen molar-refractivity contribution in [2.24, 2.45) is 0 Å². The highest BCUT2D eigenvalue weighted by Gasteiger charge is 2.23. The third-order valence-electron chi connectivity index (χ3n) is 2.49. The fraction of sp³-hybridized carbons (Fsp3) is 0.500. The Morgan fingerprint density at radius 1 is 1.36 bits per heavy atom. The van der Waals surface area contributed by atoms with Gasteiger partial charge in [0, 0.05) is 6.54 Å². The first kappa shape index (κ1) is 11.2. The van der Waals surface area contributed by atoms with Crippen molar-refractivity contribution in [3.8, 4) is 0 Å². The summed E-state index contributed by atoms with van der Waals surface area (Å²) in [4.78, 5) is 0. The summed E-state index contributed by atoms with van der Waals surface area (Å²) < 4.78 is 0. The number of aryl methyl sites for hydroxylation is 2. The zero-order valence-electron chi connectivity index (χ0n) is 9.39. The van der Waals surface area contributed by atoms with E-state index in [0.29, 0.717) is 6.54 Å². The summed E-state index contributed by atoms with van der Waals surface area (Å²) in [7, 11) is 1.85. The monoisotopic (exact) mass is 193 g/mol. The minimum absolute atomic E-state index is 0.567. The summed E-state index contributed by atoms with van der Waals surface area (Å²) in [5.74, 6) is 0. The predicted molar refractivity (Wildman–Crippen MR) is 59.4 cm³/mol. The van der Waals surface area contributed by atoms with Crippen molar-refractivity contribution < 1.29 is 5.11 Å². The van der Waals surface area contributed by atoms with E-state index in [9.17, 15) is 5.11 Å². The van der Waals surface area contributed by atoms with Gasteiger partial charge in [0.15, 0.2) is 0 Å². The van der Waals surface area contributed by atoms with Crippen molar-refractivity contribution in [2.75, 3.05) is 13.6 Å². The molecule has 1 aromatic rings. The van der Waals surface area contributed by atoms with Gasteiger partial charge in [-0.25, -0.2) is 0 Å². The second-order valence-corrected chi connectivity index (χ2v) is 4.12. The highest BCUT2D eigenvalue weighted by atomic mass is 16.3. The van der Waals surface area contributed by atoms with Crippen LogP contribution in [-0.4, -0.2) is 18.7 Å². The van der Waals surface area contributed by atoms with Crippen molar-refractivity contribution in [2.45, 2.75) is 26.4 Å². The van der Waals surface area contributed by atoms with E-state index in [0.717, 1.165) is 11.1 Å². The van der Waals surface area contributed by atoms with Gasteiger partial charge in [-0.15, -0.1) is 0 Å². The summed E-state index contributed by atoms with van der Waals surface area (Å²) in [5, 5.41) is 13.2. The minimum atomic E-state index is -0.787. The van der Waals surface area contributed by atoms with E-state index in [1.165, 1.54) is 5.56 Å². The molecule has 0 heterocycles. The quantitative estimate of drug-likeness (QED) is 0.766. The Morgan fingerprint density at radius 3 is 2.57 bits per heavy atom. The number of likely N-dealkylation sites (N-methyl/N-ethyl adjacent to an activating group) is 1. The molecule has 0 bridgehead atoms. The smallest absolute Gasteiger partial charge is 0.0994 e. The number of hydrogen-bond donors (Lipinski definition) is 2. The van der Waals surface area contributed by atoms with Crippen LogP contribution in [0.2, 0.25) is 0 Å². The summed E-state index contributed by atoms with van der Waals surface area (Å²) in [6, 6.07) is 6.16. The van der Waals surface area contributed by atoms with Crippen molar-refractivity contribution >= 4 is 0 Å². The number of nitrogens with one attached hydrogen (secondary N) is 1. The van der Waals surface area contributed by atoms with Crippen molar-refractivity contribution in [3.63, 3.8) is 0 Å². The Bertz CT molecular complexity index is 318. The van der Waals surface area contributed by atoms with Gasteiger partial charge in [0.2, 0.25) is 0 Å². The fourth-order valence-electron chi connectivity index (χ4n) is 1.76. The fourth-order valence-corrected chi connectivity index (χ4v) is 1.76. The van der Waals surface area contributed by atoms with Gasteiger partial charge in [-0.3, -0.25) is 0 Å². The Labute approximate surface area is 86.0 Å². The molecule has 0 aliphatic carbocycles. The van der Waals surface area contributed by atoms with Crippen LogP contribution in [0, 0.1) is 13.8 Å². The van der Waals surface area contributed by atoms with E-state index >= 15 is 0 Å². The van der Waals surface area contributed by atoms with Crippen LogP contribution in [0.4, 0.5) is 0 Å². The molecular formula is C12H19NO. The molecule has 0 aliphatic heterocycles. The molecule has 2 N–H and O–H groups in total. The zero-order valence-corrected chi connectivity index (χ0v) is 9.39. The standard InChI is InChI=1S/C12H19NO/c1-9-5-6-10(2)11(7-9)12(3,14)8-13-4/h5-7,13-14H,8H2,1-4H3. The van der Waals surface area contributed by atoms with Crippen LogP contribution in [0.1, 0.15) is 23.6 Å². The summed E-state index contributed by atoms with van der Waals surface area (Å²) in [6.07, 6.45) is 0. The molecule has 2 nitrogen and oxygen atoms in total. The van der Waals surface area contributed by atoms with Gasteiger partial charge in [0.1, 0.15) is 0 Å². The molecule has 14 heavy (non-hydrogen) atoms. The second-order valence-electron chi connectivity index (χ2n) is 4.12. The van der Waals surface area contributed by atoms with Crippen LogP contribution in [0.5, 0.6) is 0 Å². The van der Waals surface area contributed by atoms with Crippen LogP contribution in [0.15, 0.2) is 18.2 Å². The molecule has 0 aliphatic rings. The number of rotatable bonds is 3. The number of benzene rings is 1. The molecule has 0 aromatic heterocycles. The van der Waals surface area contributed by atoms with Crippen LogP contribution in [-0.2, 0) is 5.60 Å². The molecule has 0 radical (unpaired) electrons. The Morgan fingerprint density at radius 2 is 2.00 bits per heavy atom. The predicted octanol–water partition coefficient (Wildman–Crippen LogP) is 1.73. The minimum Gasteiger partial charge on any atom is -0.384 e. The zero-order chi connectivity index (χ0) is 10.8. The average Bonchev–Trinajstić information content (AvgIpc) is 2.09. The van der Waals surface area contributed by atoms with Gasteiger partial charge >= 0.3 is 0 Å². The maximum atomic E-state index is 10.2. The lowest BCUT2D eigenvalue weighted by molar-refractivity contribution is 0.0585. The third-order valence-corrected chi connectivity index (χ3v) is 2.49. The number of hydrogen-bond acceptors (Lipinski definition) is 2.